The van der Waals surface area contributed by atoms with Crippen LogP contribution in [-0.2, 0) is 16.5 Å². The molecule has 1 aromatic rings. The molecule has 129 valence electrons. The van der Waals surface area contributed by atoms with Gasteiger partial charge in [-0.25, -0.2) is 9.36 Å². The van der Waals surface area contributed by atoms with E-state index in [-0.39, 0.29) is 5.56 Å². The lowest BCUT2D eigenvalue weighted by atomic mass is 10.1. The van der Waals surface area contributed by atoms with Crippen molar-refractivity contribution in [2.45, 2.75) is 31.5 Å². The quantitative estimate of drug-likeness (QED) is 0.355. The predicted molar refractivity (Wildman–Crippen MR) is 81.1 cm³/mol. The highest BCUT2D eigenvalue weighted by molar-refractivity contribution is 8.10. The van der Waals surface area contributed by atoms with E-state index in [1.807, 2.05) is 0 Å². The molecule has 2 heterocycles. The second-order valence-corrected chi connectivity index (χ2v) is 8.13. The molecule has 1 aliphatic rings. The lowest BCUT2D eigenvalue weighted by molar-refractivity contribution is -0.0554. The van der Waals surface area contributed by atoms with Crippen molar-refractivity contribution in [1.82, 2.24) is 9.13 Å². The van der Waals surface area contributed by atoms with Crippen LogP contribution < -0.4 is 11.2 Å². The molecule has 0 spiro atoms. The van der Waals surface area contributed by atoms with E-state index in [0.717, 1.165) is 10.8 Å². The van der Waals surface area contributed by atoms with Crippen LogP contribution in [0.5, 0.6) is 0 Å². The van der Waals surface area contributed by atoms with E-state index in [0.29, 0.717) is 10.9 Å². The van der Waals surface area contributed by atoms with Crippen LogP contribution in [0.1, 0.15) is 11.8 Å². The molecular formula is C11H16N2O8PS. The fourth-order valence-electron chi connectivity index (χ4n) is 2.26. The second kappa shape index (κ2) is 6.54. The Morgan fingerprint density at radius 3 is 2.43 bits per heavy atom. The minimum absolute atomic E-state index is 0.0436. The maximum atomic E-state index is 12.4. The third-order valence-electron chi connectivity index (χ3n) is 3.37. The highest BCUT2D eigenvalue weighted by atomic mass is 32.5. The van der Waals surface area contributed by atoms with Gasteiger partial charge in [-0.05, 0) is 18.7 Å². The summed E-state index contributed by atoms with van der Waals surface area (Å²) in [6, 6.07) is 0. The summed E-state index contributed by atoms with van der Waals surface area (Å²) in [7, 11) is 0. The molecule has 1 fully saturated rings. The smallest absolute Gasteiger partial charge is 0.334 e. The van der Waals surface area contributed by atoms with Crippen LogP contribution in [0.4, 0.5) is 0 Å². The molecule has 5 N–H and O–H groups in total. The molecular weight excluding hydrogens is 351 g/mol. The number of ether oxygens (including phenoxy) is 1. The Hall–Kier alpha value is -0.910. The van der Waals surface area contributed by atoms with Crippen LogP contribution >= 0.6 is 6.49 Å². The molecule has 12 heteroatoms. The van der Waals surface area contributed by atoms with E-state index < -0.39 is 48.9 Å². The van der Waals surface area contributed by atoms with Crippen LogP contribution in [0.15, 0.2) is 15.8 Å². The van der Waals surface area contributed by atoms with Crippen LogP contribution in [0.2, 0.25) is 0 Å². The minimum Gasteiger partial charge on any atom is -0.394 e. The SMILES string of the molecule is Cc1cn([C@@H]2O[C@H](CO)[C@@H](O)[C@H]2O)c(=O)n([CH]P(O)(O)=S)c1=O. The summed E-state index contributed by atoms with van der Waals surface area (Å²) in [6.07, 6.45) is -3.77. The molecule has 2 rings (SSSR count). The van der Waals surface area contributed by atoms with Crippen molar-refractivity contribution in [3.8, 4) is 0 Å². The third kappa shape index (κ3) is 3.62. The van der Waals surface area contributed by atoms with Crippen molar-refractivity contribution in [2.75, 3.05) is 6.61 Å². The predicted octanol–water partition coefficient (Wildman–Crippen LogP) is -2.81. The first-order valence-corrected chi connectivity index (χ1v) is 9.22. The van der Waals surface area contributed by atoms with Gasteiger partial charge in [-0.1, -0.05) is 0 Å². The topological polar surface area (TPSA) is 154 Å². The van der Waals surface area contributed by atoms with Crippen LogP contribution in [0, 0.1) is 13.2 Å². The maximum Gasteiger partial charge on any atom is 0.334 e. The highest BCUT2D eigenvalue weighted by Crippen LogP contribution is 2.38. The number of aryl methyl sites for hydroxylation is 1. The van der Waals surface area contributed by atoms with E-state index in [2.05, 4.69) is 11.8 Å². The number of nitrogens with zero attached hydrogens (tertiary/aromatic N) is 2. The Morgan fingerprint density at radius 1 is 1.35 bits per heavy atom. The minimum atomic E-state index is -3.99. The number of hydrogen-bond acceptors (Lipinski definition) is 7. The number of aliphatic hydroxyl groups excluding tert-OH is 3. The molecule has 1 aliphatic heterocycles. The number of rotatable bonds is 4. The summed E-state index contributed by atoms with van der Waals surface area (Å²) >= 11 is 4.39. The van der Waals surface area contributed by atoms with Crippen molar-refractivity contribution in [3.63, 3.8) is 0 Å². The van der Waals surface area contributed by atoms with E-state index in [1.54, 1.807) is 0 Å². The number of aliphatic hydroxyl groups is 3. The zero-order valence-corrected chi connectivity index (χ0v) is 13.6. The first kappa shape index (κ1) is 18.4. The van der Waals surface area contributed by atoms with Gasteiger partial charge in [-0.15, -0.1) is 0 Å². The van der Waals surface area contributed by atoms with Gasteiger partial charge in [-0.2, -0.15) is 0 Å². The van der Waals surface area contributed by atoms with Gasteiger partial charge >= 0.3 is 5.69 Å². The molecule has 10 nitrogen and oxygen atoms in total. The lowest BCUT2D eigenvalue weighted by Gasteiger charge is -2.20. The maximum absolute atomic E-state index is 12.4. The zero-order valence-electron chi connectivity index (χ0n) is 11.9. The van der Waals surface area contributed by atoms with E-state index >= 15 is 0 Å². The summed E-state index contributed by atoms with van der Waals surface area (Å²) in [5.41, 5.74) is -1.80. The van der Waals surface area contributed by atoms with E-state index in [1.165, 1.54) is 6.92 Å². The van der Waals surface area contributed by atoms with Crippen LogP contribution in [0.25, 0.3) is 0 Å². The van der Waals surface area contributed by atoms with Crippen molar-refractivity contribution in [2.24, 2.45) is 0 Å². The Morgan fingerprint density at radius 2 is 1.96 bits per heavy atom. The summed E-state index contributed by atoms with van der Waals surface area (Å²) in [5, 5.41) is 28.8. The number of aromatic nitrogens is 2. The first-order chi connectivity index (χ1) is 10.6. The van der Waals surface area contributed by atoms with Gasteiger partial charge in [0.15, 0.2) is 6.23 Å². The van der Waals surface area contributed by atoms with Gasteiger partial charge in [0.2, 0.25) is 6.49 Å². The Bertz CT molecular complexity index is 755. The summed E-state index contributed by atoms with van der Waals surface area (Å²) in [4.78, 5) is 42.9. The summed E-state index contributed by atoms with van der Waals surface area (Å²) in [5.74, 6) is 0. The lowest BCUT2D eigenvalue weighted by Crippen LogP contribution is -2.43. The monoisotopic (exact) mass is 367 g/mol. The third-order valence-corrected chi connectivity index (χ3v) is 4.19. The summed E-state index contributed by atoms with van der Waals surface area (Å²) < 4.78 is 6.47. The molecule has 4 atom stereocenters. The van der Waals surface area contributed by atoms with E-state index in [9.17, 15) is 29.6 Å². The molecule has 0 aliphatic carbocycles. The van der Waals surface area contributed by atoms with Gasteiger partial charge in [0.25, 0.3) is 5.56 Å². The second-order valence-electron chi connectivity index (χ2n) is 5.11. The number of hydrogen-bond donors (Lipinski definition) is 5. The van der Waals surface area contributed by atoms with Crippen LogP contribution in [-0.4, -0.2) is 59.2 Å². The van der Waals surface area contributed by atoms with Gasteiger partial charge < -0.3 is 29.8 Å². The Labute approximate surface area is 135 Å². The van der Waals surface area contributed by atoms with Gasteiger partial charge in [-0.3, -0.25) is 9.36 Å². The van der Waals surface area contributed by atoms with Gasteiger partial charge in [0.1, 0.15) is 24.6 Å². The van der Waals surface area contributed by atoms with E-state index in [4.69, 9.17) is 9.84 Å². The van der Waals surface area contributed by atoms with Crippen LogP contribution in [0.3, 0.4) is 0 Å². The van der Waals surface area contributed by atoms with Crippen molar-refractivity contribution >= 4 is 18.3 Å². The zero-order chi connectivity index (χ0) is 17.5. The molecule has 0 saturated carbocycles. The van der Waals surface area contributed by atoms with Gasteiger partial charge in [0.05, 0.1) is 6.61 Å². The Balaban J connectivity index is 2.55. The summed E-state index contributed by atoms with van der Waals surface area (Å²) in [6.45, 7) is -3.21. The average molecular weight is 367 g/mol. The normalized spacial score (nSPS) is 28.3. The molecule has 1 saturated heterocycles. The molecule has 1 aromatic heterocycles. The molecule has 23 heavy (non-hydrogen) atoms. The molecule has 0 bridgehead atoms. The first-order valence-electron chi connectivity index (χ1n) is 6.45. The van der Waals surface area contributed by atoms with Gasteiger partial charge in [0, 0.05) is 11.8 Å². The molecule has 1 radical (unpaired) electrons. The fourth-order valence-corrected chi connectivity index (χ4v) is 3.05. The van der Waals surface area contributed by atoms with Crippen molar-refractivity contribution in [3.05, 3.63) is 38.9 Å². The fraction of sp³-hybridized carbons (Fsp3) is 0.545. The molecule has 0 unspecified atom stereocenters. The molecule has 0 aromatic carbocycles. The largest absolute Gasteiger partial charge is 0.394 e. The average Bonchev–Trinajstić information content (AvgIpc) is 2.74. The standard InChI is InChI=1S/C11H16N2O8PS/c1-5-2-12(10-8(16)7(15)6(3-14)21-10)11(18)13(9(5)17)4-22(19,20)23/h2,4,6-8,10,14-16H,3H2,1H3,(H2,19,20,23)/t6-,7-,8-,10-/m1/s1. The van der Waals surface area contributed by atoms with Crippen molar-refractivity contribution < 1.29 is 29.8 Å². The molecule has 0 amide bonds. The Kier molecular flexibility index (Phi) is 5.24. The van der Waals surface area contributed by atoms with Crippen molar-refractivity contribution in [1.29, 1.82) is 0 Å². The highest BCUT2D eigenvalue weighted by Gasteiger charge is 2.44.